The van der Waals surface area contributed by atoms with E-state index in [0.717, 1.165) is 11.4 Å². The Bertz CT molecular complexity index is 557. The highest BCUT2D eigenvalue weighted by molar-refractivity contribution is 5.85. The SMILES string of the molecule is Cc1ncccc1Nc1cncc(C(=O)O)n1. The molecule has 2 heterocycles. The Hall–Kier alpha value is -2.50. The normalized spacial score (nSPS) is 9.94. The van der Waals surface area contributed by atoms with Gasteiger partial charge in [-0.2, -0.15) is 0 Å². The van der Waals surface area contributed by atoms with Gasteiger partial charge in [-0.05, 0) is 19.1 Å². The first-order valence-electron chi connectivity index (χ1n) is 4.91. The molecule has 0 aliphatic carbocycles. The summed E-state index contributed by atoms with van der Waals surface area (Å²) in [5.41, 5.74) is 1.47. The number of carboxylic acids is 1. The van der Waals surface area contributed by atoms with Crippen molar-refractivity contribution in [3.05, 3.63) is 42.1 Å². The summed E-state index contributed by atoms with van der Waals surface area (Å²) in [6.07, 6.45) is 4.34. The highest BCUT2D eigenvalue weighted by atomic mass is 16.4. The maximum Gasteiger partial charge on any atom is 0.356 e. The molecule has 86 valence electrons. The van der Waals surface area contributed by atoms with Gasteiger partial charge in [0, 0.05) is 6.20 Å². The zero-order chi connectivity index (χ0) is 12.3. The van der Waals surface area contributed by atoms with E-state index in [1.165, 1.54) is 12.4 Å². The average Bonchev–Trinajstić information content (AvgIpc) is 2.32. The Morgan fingerprint density at radius 2 is 2.24 bits per heavy atom. The second-order valence-electron chi connectivity index (χ2n) is 3.36. The lowest BCUT2D eigenvalue weighted by Gasteiger charge is -2.07. The number of rotatable bonds is 3. The number of hydrogen-bond acceptors (Lipinski definition) is 5. The molecular formula is C11H10N4O2. The van der Waals surface area contributed by atoms with E-state index in [1.54, 1.807) is 12.3 Å². The van der Waals surface area contributed by atoms with Crippen molar-refractivity contribution in [1.82, 2.24) is 15.0 Å². The number of hydrogen-bond donors (Lipinski definition) is 2. The third-order valence-corrected chi connectivity index (χ3v) is 2.12. The zero-order valence-electron chi connectivity index (χ0n) is 9.08. The molecule has 2 N–H and O–H groups in total. The predicted molar refractivity (Wildman–Crippen MR) is 61.2 cm³/mol. The van der Waals surface area contributed by atoms with E-state index >= 15 is 0 Å². The molecule has 0 saturated heterocycles. The van der Waals surface area contributed by atoms with E-state index in [2.05, 4.69) is 20.3 Å². The van der Waals surface area contributed by atoms with Crippen LogP contribution < -0.4 is 5.32 Å². The summed E-state index contributed by atoms with van der Waals surface area (Å²) in [7, 11) is 0. The molecule has 0 unspecified atom stereocenters. The molecule has 6 nitrogen and oxygen atoms in total. The number of pyridine rings is 1. The lowest BCUT2D eigenvalue weighted by molar-refractivity contribution is 0.0690. The lowest BCUT2D eigenvalue weighted by Crippen LogP contribution is -2.04. The lowest BCUT2D eigenvalue weighted by atomic mass is 10.3. The number of nitrogens with one attached hydrogen (secondary N) is 1. The quantitative estimate of drug-likeness (QED) is 0.833. The smallest absolute Gasteiger partial charge is 0.356 e. The largest absolute Gasteiger partial charge is 0.476 e. The highest BCUT2D eigenvalue weighted by Crippen LogP contribution is 2.16. The minimum atomic E-state index is -1.11. The first-order valence-corrected chi connectivity index (χ1v) is 4.91. The predicted octanol–water partition coefficient (Wildman–Crippen LogP) is 1.62. The summed E-state index contributed by atoms with van der Waals surface area (Å²) >= 11 is 0. The summed E-state index contributed by atoms with van der Waals surface area (Å²) < 4.78 is 0. The van der Waals surface area contributed by atoms with Crippen LogP contribution >= 0.6 is 0 Å². The molecule has 0 radical (unpaired) electrons. The monoisotopic (exact) mass is 230 g/mol. The van der Waals surface area contributed by atoms with Crippen molar-refractivity contribution in [1.29, 1.82) is 0 Å². The number of anilines is 2. The molecule has 2 aromatic rings. The molecule has 0 aliphatic rings. The molecule has 0 aromatic carbocycles. The number of carboxylic acid groups (broad SMARTS) is 1. The molecule has 17 heavy (non-hydrogen) atoms. The number of aromatic carboxylic acids is 1. The standard InChI is InChI=1S/C11H10N4O2/c1-7-8(3-2-4-13-7)14-10-6-12-5-9(15-10)11(16)17/h2-6H,1H3,(H,14,15)(H,16,17). The molecule has 0 saturated carbocycles. The van der Waals surface area contributed by atoms with Gasteiger partial charge in [0.05, 0.1) is 23.8 Å². The van der Waals surface area contributed by atoms with Crippen LogP contribution in [0.25, 0.3) is 0 Å². The van der Waals surface area contributed by atoms with Gasteiger partial charge in [0.25, 0.3) is 0 Å². The van der Waals surface area contributed by atoms with Gasteiger partial charge in [-0.3, -0.25) is 9.97 Å². The van der Waals surface area contributed by atoms with Crippen molar-refractivity contribution >= 4 is 17.5 Å². The Morgan fingerprint density at radius 1 is 1.41 bits per heavy atom. The van der Waals surface area contributed by atoms with Crippen LogP contribution in [0.1, 0.15) is 16.2 Å². The Balaban J connectivity index is 2.28. The highest BCUT2D eigenvalue weighted by Gasteiger charge is 2.06. The van der Waals surface area contributed by atoms with E-state index in [9.17, 15) is 4.79 Å². The fourth-order valence-corrected chi connectivity index (χ4v) is 1.28. The first-order chi connectivity index (χ1) is 8.16. The van der Waals surface area contributed by atoms with Crippen LogP contribution in [0.3, 0.4) is 0 Å². The topological polar surface area (TPSA) is 88.0 Å². The minimum Gasteiger partial charge on any atom is -0.476 e. The van der Waals surface area contributed by atoms with Crippen LogP contribution in [-0.4, -0.2) is 26.0 Å². The Kier molecular flexibility index (Phi) is 2.95. The summed E-state index contributed by atoms with van der Waals surface area (Å²) in [6.45, 7) is 1.84. The summed E-state index contributed by atoms with van der Waals surface area (Å²) in [5, 5.41) is 11.8. The van der Waals surface area contributed by atoms with Gasteiger partial charge in [-0.25, -0.2) is 9.78 Å². The van der Waals surface area contributed by atoms with Crippen LogP contribution in [0.15, 0.2) is 30.7 Å². The zero-order valence-corrected chi connectivity index (χ0v) is 9.08. The van der Waals surface area contributed by atoms with Gasteiger partial charge in [0.1, 0.15) is 5.82 Å². The van der Waals surface area contributed by atoms with Crippen LogP contribution in [0.2, 0.25) is 0 Å². The Morgan fingerprint density at radius 3 is 2.94 bits per heavy atom. The molecule has 0 aliphatic heterocycles. The molecule has 6 heteroatoms. The van der Waals surface area contributed by atoms with Gasteiger partial charge in [-0.1, -0.05) is 0 Å². The second-order valence-corrected chi connectivity index (χ2v) is 3.36. The summed E-state index contributed by atoms with van der Waals surface area (Å²) in [5.74, 6) is -0.731. The van der Waals surface area contributed by atoms with Gasteiger partial charge in [-0.15, -0.1) is 0 Å². The minimum absolute atomic E-state index is 0.100. The summed E-state index contributed by atoms with van der Waals surface area (Å²) in [6, 6.07) is 3.61. The van der Waals surface area contributed by atoms with Gasteiger partial charge < -0.3 is 10.4 Å². The van der Waals surface area contributed by atoms with Gasteiger partial charge in [0.2, 0.25) is 0 Å². The van der Waals surface area contributed by atoms with E-state index in [1.807, 2.05) is 13.0 Å². The van der Waals surface area contributed by atoms with Crippen LogP contribution in [0.4, 0.5) is 11.5 Å². The van der Waals surface area contributed by atoms with E-state index < -0.39 is 5.97 Å². The molecule has 0 amide bonds. The third kappa shape index (κ3) is 2.54. The number of nitrogens with zero attached hydrogens (tertiary/aromatic N) is 3. The van der Waals surface area contributed by atoms with Crippen LogP contribution in [-0.2, 0) is 0 Å². The van der Waals surface area contributed by atoms with E-state index in [-0.39, 0.29) is 5.69 Å². The average molecular weight is 230 g/mol. The number of aryl methyl sites for hydroxylation is 1. The molecule has 0 bridgehead atoms. The molecule has 0 spiro atoms. The van der Waals surface area contributed by atoms with Crippen molar-refractivity contribution in [3.63, 3.8) is 0 Å². The van der Waals surface area contributed by atoms with E-state index in [0.29, 0.717) is 5.82 Å². The van der Waals surface area contributed by atoms with Crippen molar-refractivity contribution < 1.29 is 9.90 Å². The van der Waals surface area contributed by atoms with Crippen molar-refractivity contribution in [2.75, 3.05) is 5.32 Å². The fraction of sp³-hybridized carbons (Fsp3) is 0.0909. The number of carbonyl (C=O) groups is 1. The van der Waals surface area contributed by atoms with E-state index in [4.69, 9.17) is 5.11 Å². The third-order valence-electron chi connectivity index (χ3n) is 2.12. The van der Waals surface area contributed by atoms with Gasteiger partial charge in [0.15, 0.2) is 5.69 Å². The molecule has 2 rings (SSSR count). The molecule has 0 fully saturated rings. The fourth-order valence-electron chi connectivity index (χ4n) is 1.28. The van der Waals surface area contributed by atoms with Gasteiger partial charge >= 0.3 is 5.97 Å². The summed E-state index contributed by atoms with van der Waals surface area (Å²) in [4.78, 5) is 22.5. The van der Waals surface area contributed by atoms with Crippen LogP contribution in [0.5, 0.6) is 0 Å². The molecule has 0 atom stereocenters. The maximum atomic E-state index is 10.7. The van der Waals surface area contributed by atoms with Crippen LogP contribution in [0, 0.1) is 6.92 Å². The number of aromatic nitrogens is 3. The second kappa shape index (κ2) is 4.56. The first kappa shape index (κ1) is 11.0. The van der Waals surface area contributed by atoms with Crippen molar-refractivity contribution in [2.45, 2.75) is 6.92 Å². The molecule has 2 aromatic heterocycles. The van der Waals surface area contributed by atoms with Crippen molar-refractivity contribution in [2.24, 2.45) is 0 Å². The maximum absolute atomic E-state index is 10.7. The van der Waals surface area contributed by atoms with Crippen molar-refractivity contribution in [3.8, 4) is 0 Å². The Labute approximate surface area is 97.4 Å². The molecular weight excluding hydrogens is 220 g/mol.